The fourth-order valence-corrected chi connectivity index (χ4v) is 2.37. The number of hydrogen-bond acceptors (Lipinski definition) is 5. The maximum absolute atomic E-state index is 10.1. The number of hydrogen-bond donors (Lipinski definition) is 2. The van der Waals surface area contributed by atoms with E-state index in [4.69, 9.17) is 4.42 Å². The number of rotatable bonds is 8. The second kappa shape index (κ2) is 7.19. The number of furan rings is 1. The zero-order valence-electron chi connectivity index (χ0n) is 11.7. The Morgan fingerprint density at radius 2 is 2.06 bits per heavy atom. The summed E-state index contributed by atoms with van der Waals surface area (Å²) < 4.78 is 5.64. The number of nitrogens with one attached hydrogen (secondary N) is 1. The highest BCUT2D eigenvalue weighted by Crippen LogP contribution is 2.13. The average molecular weight is 272 g/mol. The van der Waals surface area contributed by atoms with Crippen molar-refractivity contribution in [1.82, 2.24) is 10.2 Å². The van der Waals surface area contributed by atoms with Gasteiger partial charge in [0.25, 0.3) is 0 Å². The third kappa shape index (κ3) is 5.91. The Morgan fingerprint density at radius 1 is 1.39 bits per heavy atom. The molecule has 1 aromatic heterocycles. The van der Waals surface area contributed by atoms with Gasteiger partial charge >= 0.3 is 0 Å². The lowest BCUT2D eigenvalue weighted by Gasteiger charge is -2.27. The van der Waals surface area contributed by atoms with Gasteiger partial charge in [0.2, 0.25) is 0 Å². The van der Waals surface area contributed by atoms with Gasteiger partial charge in [-0.15, -0.1) is 0 Å². The van der Waals surface area contributed by atoms with E-state index in [1.807, 2.05) is 38.1 Å². The summed E-state index contributed by atoms with van der Waals surface area (Å²) in [5.74, 6) is 2.82. The Kier molecular flexibility index (Phi) is 6.21. The van der Waals surface area contributed by atoms with Gasteiger partial charge in [-0.25, -0.2) is 0 Å². The van der Waals surface area contributed by atoms with Crippen LogP contribution in [-0.4, -0.2) is 49.0 Å². The van der Waals surface area contributed by atoms with Crippen LogP contribution in [0.25, 0.3) is 0 Å². The van der Waals surface area contributed by atoms with Crippen molar-refractivity contribution in [2.45, 2.75) is 24.8 Å². The van der Waals surface area contributed by atoms with Crippen molar-refractivity contribution in [3.63, 3.8) is 0 Å². The van der Waals surface area contributed by atoms with E-state index in [1.54, 1.807) is 11.8 Å². The van der Waals surface area contributed by atoms with Gasteiger partial charge in [0.15, 0.2) is 0 Å². The van der Waals surface area contributed by atoms with Crippen LogP contribution in [0.3, 0.4) is 0 Å². The molecule has 0 fully saturated rings. The smallest absolute Gasteiger partial charge is 0.118 e. The number of aliphatic hydroxyl groups is 1. The average Bonchev–Trinajstić information content (AvgIpc) is 2.64. The lowest BCUT2D eigenvalue weighted by Crippen LogP contribution is -2.45. The van der Waals surface area contributed by atoms with Crippen molar-refractivity contribution < 1.29 is 9.52 Å². The fraction of sp³-hybridized carbons (Fsp3) is 0.692. The molecule has 5 heteroatoms. The van der Waals surface area contributed by atoms with E-state index in [9.17, 15) is 5.11 Å². The lowest BCUT2D eigenvalue weighted by atomic mass is 10.1. The molecule has 0 aliphatic rings. The zero-order chi connectivity index (χ0) is 13.6. The molecule has 0 bridgehead atoms. The molecule has 1 rings (SSSR count). The summed E-state index contributed by atoms with van der Waals surface area (Å²) in [7, 11) is 3.91. The van der Waals surface area contributed by atoms with E-state index in [0.717, 1.165) is 17.3 Å². The van der Waals surface area contributed by atoms with Gasteiger partial charge in [0.1, 0.15) is 11.5 Å². The van der Waals surface area contributed by atoms with E-state index < -0.39 is 5.60 Å². The Labute approximate surface area is 114 Å². The summed E-state index contributed by atoms with van der Waals surface area (Å²) in [6.45, 7) is 3.67. The lowest BCUT2D eigenvalue weighted by molar-refractivity contribution is 0.0332. The summed E-state index contributed by atoms with van der Waals surface area (Å²) in [4.78, 5) is 1.98. The number of thioether (sulfide) groups is 1. The van der Waals surface area contributed by atoms with Crippen LogP contribution in [0, 0.1) is 0 Å². The first-order chi connectivity index (χ1) is 8.43. The predicted molar refractivity (Wildman–Crippen MR) is 76.8 cm³/mol. The van der Waals surface area contributed by atoms with Crippen molar-refractivity contribution in [2.75, 3.05) is 33.4 Å². The quantitative estimate of drug-likeness (QED) is 0.752. The Bertz CT molecular complexity index is 351. The summed E-state index contributed by atoms with van der Waals surface area (Å²) in [6.07, 6.45) is 2.05. The summed E-state index contributed by atoms with van der Waals surface area (Å²) in [5, 5.41) is 13.3. The Balaban J connectivity index is 2.32. The SMILES string of the molecule is CSCc1ccc(CNCC(C)(O)CN(C)C)o1. The van der Waals surface area contributed by atoms with Crippen LogP contribution in [-0.2, 0) is 12.3 Å². The van der Waals surface area contributed by atoms with Gasteiger partial charge in [0, 0.05) is 13.1 Å². The van der Waals surface area contributed by atoms with Crippen molar-refractivity contribution in [3.8, 4) is 0 Å². The molecule has 0 amide bonds. The van der Waals surface area contributed by atoms with Gasteiger partial charge in [0.05, 0.1) is 17.9 Å². The van der Waals surface area contributed by atoms with Crippen LogP contribution in [0.15, 0.2) is 16.5 Å². The zero-order valence-corrected chi connectivity index (χ0v) is 12.5. The predicted octanol–water partition coefficient (Wildman–Crippen LogP) is 1.54. The second-order valence-corrected chi connectivity index (χ2v) is 6.01. The van der Waals surface area contributed by atoms with E-state index in [1.165, 1.54) is 0 Å². The molecule has 18 heavy (non-hydrogen) atoms. The van der Waals surface area contributed by atoms with Crippen LogP contribution in [0.2, 0.25) is 0 Å². The maximum atomic E-state index is 10.1. The molecule has 0 radical (unpaired) electrons. The fourth-order valence-electron chi connectivity index (χ4n) is 1.93. The van der Waals surface area contributed by atoms with Gasteiger partial charge in [-0.1, -0.05) is 0 Å². The van der Waals surface area contributed by atoms with Crippen molar-refractivity contribution in [2.24, 2.45) is 0 Å². The standard InChI is InChI=1S/C13H24N2O2S/c1-13(16,10-15(2)3)9-14-7-11-5-6-12(17-11)8-18-4/h5-6,14,16H,7-10H2,1-4H3. The molecule has 1 atom stereocenters. The maximum Gasteiger partial charge on any atom is 0.118 e. The van der Waals surface area contributed by atoms with Crippen LogP contribution in [0.1, 0.15) is 18.4 Å². The molecule has 0 spiro atoms. The molecule has 4 nitrogen and oxygen atoms in total. The minimum Gasteiger partial charge on any atom is -0.464 e. The molecule has 1 heterocycles. The first-order valence-corrected chi connectivity index (χ1v) is 7.47. The van der Waals surface area contributed by atoms with E-state index >= 15 is 0 Å². The molecule has 0 saturated carbocycles. The molecule has 0 aromatic carbocycles. The van der Waals surface area contributed by atoms with E-state index in [0.29, 0.717) is 19.6 Å². The molecule has 0 saturated heterocycles. The first-order valence-electron chi connectivity index (χ1n) is 6.07. The highest BCUT2D eigenvalue weighted by atomic mass is 32.2. The van der Waals surface area contributed by atoms with Crippen molar-refractivity contribution in [3.05, 3.63) is 23.7 Å². The highest BCUT2D eigenvalue weighted by Gasteiger charge is 2.20. The van der Waals surface area contributed by atoms with Gasteiger partial charge < -0.3 is 19.7 Å². The van der Waals surface area contributed by atoms with Crippen LogP contribution in [0.5, 0.6) is 0 Å². The van der Waals surface area contributed by atoms with E-state index in [-0.39, 0.29) is 0 Å². The molecule has 1 aromatic rings. The van der Waals surface area contributed by atoms with Gasteiger partial charge in [-0.2, -0.15) is 11.8 Å². The van der Waals surface area contributed by atoms with Gasteiger partial charge in [-0.3, -0.25) is 0 Å². The highest BCUT2D eigenvalue weighted by molar-refractivity contribution is 7.97. The third-order valence-electron chi connectivity index (χ3n) is 2.47. The first kappa shape index (κ1) is 15.6. The number of likely N-dealkylation sites (N-methyl/N-ethyl adjacent to an activating group) is 1. The topological polar surface area (TPSA) is 48.6 Å². The Morgan fingerprint density at radius 3 is 2.67 bits per heavy atom. The van der Waals surface area contributed by atoms with Crippen LogP contribution >= 0.6 is 11.8 Å². The molecule has 1 unspecified atom stereocenters. The summed E-state index contributed by atoms with van der Waals surface area (Å²) in [6, 6.07) is 3.99. The molecule has 2 N–H and O–H groups in total. The van der Waals surface area contributed by atoms with Gasteiger partial charge in [-0.05, 0) is 39.4 Å². The largest absolute Gasteiger partial charge is 0.464 e. The molecule has 0 aliphatic heterocycles. The second-order valence-electron chi connectivity index (χ2n) is 5.14. The molecule has 104 valence electrons. The molecular weight excluding hydrogens is 248 g/mol. The normalized spacial score (nSPS) is 15.0. The van der Waals surface area contributed by atoms with Crippen molar-refractivity contribution in [1.29, 1.82) is 0 Å². The summed E-state index contributed by atoms with van der Waals surface area (Å²) >= 11 is 1.74. The minimum absolute atomic E-state index is 0.545. The molecule has 0 aliphatic carbocycles. The number of nitrogens with zero attached hydrogens (tertiary/aromatic N) is 1. The van der Waals surface area contributed by atoms with Crippen LogP contribution in [0.4, 0.5) is 0 Å². The van der Waals surface area contributed by atoms with E-state index in [2.05, 4.69) is 11.6 Å². The van der Waals surface area contributed by atoms with Crippen LogP contribution < -0.4 is 5.32 Å². The minimum atomic E-state index is -0.724. The molecular formula is C13H24N2O2S. The third-order valence-corrected chi connectivity index (χ3v) is 3.04. The monoisotopic (exact) mass is 272 g/mol. The van der Waals surface area contributed by atoms with Crippen molar-refractivity contribution >= 4 is 11.8 Å². The summed E-state index contributed by atoms with van der Waals surface area (Å²) in [5.41, 5.74) is -0.724. The Hall–Kier alpha value is -0.490.